The van der Waals surface area contributed by atoms with E-state index in [1.165, 1.54) is 17.6 Å². The Kier molecular flexibility index (Phi) is 4.16. The van der Waals surface area contributed by atoms with Crippen molar-refractivity contribution in [1.82, 2.24) is 0 Å². The Morgan fingerprint density at radius 3 is 2.87 bits per heavy atom. The van der Waals surface area contributed by atoms with Gasteiger partial charge in [-0.05, 0) is 67.4 Å². The number of nitrogens with two attached hydrogens (primary N) is 1. The lowest BCUT2D eigenvalue weighted by Gasteiger charge is -2.57. The zero-order valence-electron chi connectivity index (χ0n) is 14.4. The summed E-state index contributed by atoms with van der Waals surface area (Å²) in [4.78, 5) is 12.2. The molecule has 0 aromatic carbocycles. The molecule has 126 valence electrons. The average Bonchev–Trinajstić information content (AvgIpc) is 2.99. The monoisotopic (exact) mass is 315 g/mol. The molecule has 1 heterocycles. The minimum absolute atomic E-state index is 0.116. The Balaban J connectivity index is 1.86. The van der Waals surface area contributed by atoms with Gasteiger partial charge in [-0.1, -0.05) is 32.4 Å². The molecule has 0 radical (unpaired) electrons. The summed E-state index contributed by atoms with van der Waals surface area (Å²) in [6.07, 6.45) is 10.9. The van der Waals surface area contributed by atoms with E-state index in [1.807, 2.05) is 12.3 Å². The minimum Gasteiger partial charge on any atom is -0.472 e. The zero-order valence-corrected chi connectivity index (χ0v) is 14.4. The van der Waals surface area contributed by atoms with Crippen LogP contribution >= 0.6 is 0 Å². The third-order valence-corrected chi connectivity index (χ3v) is 6.88. The quantitative estimate of drug-likeness (QED) is 0.833. The van der Waals surface area contributed by atoms with Crippen LogP contribution in [0.4, 0.5) is 0 Å². The summed E-state index contributed by atoms with van der Waals surface area (Å²) in [5.41, 5.74) is 8.21. The maximum absolute atomic E-state index is 12.2. The van der Waals surface area contributed by atoms with Crippen LogP contribution in [0.5, 0.6) is 0 Å². The van der Waals surface area contributed by atoms with Gasteiger partial charge in [-0.15, -0.1) is 0 Å². The van der Waals surface area contributed by atoms with Crippen LogP contribution in [-0.2, 0) is 11.2 Å². The van der Waals surface area contributed by atoms with Crippen molar-refractivity contribution in [3.05, 3.63) is 36.3 Å². The van der Waals surface area contributed by atoms with E-state index >= 15 is 0 Å². The van der Waals surface area contributed by atoms with E-state index in [4.69, 9.17) is 10.2 Å². The highest BCUT2D eigenvalue weighted by Crippen LogP contribution is 2.61. The largest absolute Gasteiger partial charge is 0.472 e. The van der Waals surface area contributed by atoms with Gasteiger partial charge < -0.3 is 10.2 Å². The molecule has 0 aliphatic heterocycles. The van der Waals surface area contributed by atoms with Gasteiger partial charge in [0.1, 0.15) is 0 Å². The molecular weight excluding hydrogens is 286 g/mol. The van der Waals surface area contributed by atoms with Crippen molar-refractivity contribution in [1.29, 1.82) is 0 Å². The molecule has 3 nitrogen and oxygen atoms in total. The lowest BCUT2D eigenvalue weighted by molar-refractivity contribution is -0.142. The molecule has 3 heteroatoms. The highest BCUT2D eigenvalue weighted by atomic mass is 16.3. The third-order valence-electron chi connectivity index (χ3n) is 6.88. The summed E-state index contributed by atoms with van der Waals surface area (Å²) in [6, 6.07) is 2.04. The molecule has 0 unspecified atom stereocenters. The minimum atomic E-state index is -0.360. The van der Waals surface area contributed by atoms with Crippen LogP contribution in [-0.4, -0.2) is 5.91 Å². The molecule has 0 bridgehead atoms. The number of carbonyl (C=O) groups is 1. The molecule has 2 N–H and O–H groups in total. The summed E-state index contributed by atoms with van der Waals surface area (Å²) in [5, 5.41) is 0. The van der Waals surface area contributed by atoms with Gasteiger partial charge in [0.15, 0.2) is 0 Å². The molecule has 1 aromatic rings. The molecular formula is C20H29NO2. The predicted molar refractivity (Wildman–Crippen MR) is 91.6 cm³/mol. The second kappa shape index (κ2) is 5.85. The molecule has 1 aromatic heterocycles. The number of hydrogen-bond donors (Lipinski definition) is 1. The van der Waals surface area contributed by atoms with Crippen LogP contribution in [0.15, 0.2) is 35.2 Å². The van der Waals surface area contributed by atoms with Crippen molar-refractivity contribution < 1.29 is 9.21 Å². The van der Waals surface area contributed by atoms with Gasteiger partial charge in [-0.3, -0.25) is 4.79 Å². The fourth-order valence-corrected chi connectivity index (χ4v) is 5.52. The normalized spacial score (nSPS) is 37.4. The SMILES string of the molecule is C=C1CC[C@H]2[C@@](C)(CCC[C@@]2(C)C(N)=O)[C@H]1CCc1ccoc1. The first-order chi connectivity index (χ1) is 10.9. The van der Waals surface area contributed by atoms with E-state index in [0.29, 0.717) is 11.8 Å². The van der Waals surface area contributed by atoms with Crippen LogP contribution in [0, 0.1) is 22.7 Å². The first-order valence-corrected chi connectivity index (χ1v) is 8.86. The first kappa shape index (κ1) is 16.4. The third kappa shape index (κ3) is 2.64. The van der Waals surface area contributed by atoms with Crippen LogP contribution in [0.2, 0.25) is 0 Å². The summed E-state index contributed by atoms with van der Waals surface area (Å²) >= 11 is 0. The van der Waals surface area contributed by atoms with E-state index in [-0.39, 0.29) is 16.7 Å². The number of allylic oxidation sites excluding steroid dienone is 1. The maximum atomic E-state index is 12.2. The van der Waals surface area contributed by atoms with Crippen molar-refractivity contribution in [3.63, 3.8) is 0 Å². The Morgan fingerprint density at radius 2 is 2.22 bits per heavy atom. The maximum Gasteiger partial charge on any atom is 0.223 e. The van der Waals surface area contributed by atoms with Crippen molar-refractivity contribution >= 4 is 5.91 Å². The number of fused-ring (bicyclic) bond motifs is 1. The van der Waals surface area contributed by atoms with E-state index in [1.54, 1.807) is 6.26 Å². The van der Waals surface area contributed by atoms with E-state index in [9.17, 15) is 4.79 Å². The number of amides is 1. The Bertz CT molecular complexity index is 591. The molecule has 0 spiro atoms. The van der Waals surface area contributed by atoms with E-state index in [0.717, 1.165) is 38.5 Å². The molecule has 1 amide bonds. The number of primary amides is 1. The summed E-state index contributed by atoms with van der Waals surface area (Å²) in [5.74, 6) is 0.728. The van der Waals surface area contributed by atoms with Crippen LogP contribution < -0.4 is 5.73 Å². The van der Waals surface area contributed by atoms with Gasteiger partial charge >= 0.3 is 0 Å². The van der Waals surface area contributed by atoms with E-state index < -0.39 is 0 Å². The Hall–Kier alpha value is -1.51. The number of hydrogen-bond acceptors (Lipinski definition) is 2. The summed E-state index contributed by atoms with van der Waals surface area (Å²) in [6.45, 7) is 8.86. The Morgan fingerprint density at radius 1 is 1.43 bits per heavy atom. The van der Waals surface area contributed by atoms with Gasteiger partial charge in [0, 0.05) is 5.41 Å². The van der Waals surface area contributed by atoms with Crippen LogP contribution in [0.1, 0.15) is 57.9 Å². The second-order valence-electron chi connectivity index (χ2n) is 8.11. The van der Waals surface area contributed by atoms with Gasteiger partial charge in [0.25, 0.3) is 0 Å². The molecule has 2 aliphatic carbocycles. The van der Waals surface area contributed by atoms with E-state index in [2.05, 4.69) is 20.4 Å². The second-order valence-corrected chi connectivity index (χ2v) is 8.11. The highest BCUT2D eigenvalue weighted by Gasteiger charge is 2.56. The molecule has 4 atom stereocenters. The number of aryl methyl sites for hydroxylation is 1. The van der Waals surface area contributed by atoms with Crippen LogP contribution in [0.3, 0.4) is 0 Å². The van der Waals surface area contributed by atoms with Gasteiger partial charge in [-0.2, -0.15) is 0 Å². The number of rotatable bonds is 4. The fourth-order valence-electron chi connectivity index (χ4n) is 5.52. The average molecular weight is 315 g/mol. The smallest absolute Gasteiger partial charge is 0.223 e. The standard InChI is InChI=1S/C20H29NO2/c1-14-5-8-17-19(2,10-4-11-20(17,3)18(21)22)16(14)7-6-15-9-12-23-13-15/h9,12-13,16-17H,1,4-8,10-11H2,2-3H3,(H2,21,22)/t16-,17-,19-,20+/m0/s1. The molecule has 0 saturated heterocycles. The number of carbonyl (C=O) groups excluding carboxylic acids is 1. The van der Waals surface area contributed by atoms with Crippen molar-refractivity contribution in [2.24, 2.45) is 28.4 Å². The van der Waals surface area contributed by atoms with Gasteiger partial charge in [-0.25, -0.2) is 0 Å². The lowest BCUT2D eigenvalue weighted by Crippen LogP contribution is -2.55. The lowest BCUT2D eigenvalue weighted by atomic mass is 9.46. The van der Waals surface area contributed by atoms with Gasteiger partial charge in [0.05, 0.1) is 12.5 Å². The topological polar surface area (TPSA) is 56.2 Å². The van der Waals surface area contributed by atoms with Crippen molar-refractivity contribution in [2.75, 3.05) is 0 Å². The highest BCUT2D eigenvalue weighted by molar-refractivity contribution is 5.81. The molecule has 2 saturated carbocycles. The first-order valence-electron chi connectivity index (χ1n) is 8.86. The molecule has 2 aliphatic rings. The molecule has 3 rings (SSSR count). The summed E-state index contributed by atoms with van der Waals surface area (Å²) < 4.78 is 5.19. The van der Waals surface area contributed by atoms with Crippen LogP contribution in [0.25, 0.3) is 0 Å². The predicted octanol–water partition coefficient (Wildman–Crippen LogP) is 4.48. The molecule has 23 heavy (non-hydrogen) atoms. The zero-order chi connectivity index (χ0) is 16.7. The number of furan rings is 1. The summed E-state index contributed by atoms with van der Waals surface area (Å²) in [7, 11) is 0. The van der Waals surface area contributed by atoms with Gasteiger partial charge in [0.2, 0.25) is 5.91 Å². The fraction of sp³-hybridized carbons (Fsp3) is 0.650. The van der Waals surface area contributed by atoms with Crippen molar-refractivity contribution in [3.8, 4) is 0 Å². The van der Waals surface area contributed by atoms with Crippen molar-refractivity contribution in [2.45, 2.75) is 58.8 Å². The Labute approximate surface area is 139 Å². The molecule has 2 fully saturated rings.